The first-order valence-electron chi connectivity index (χ1n) is 10.2. The Labute approximate surface area is 185 Å². The maximum atomic E-state index is 10.9. The fraction of sp³-hybridized carbons (Fsp3) is 0.348. The predicted molar refractivity (Wildman–Crippen MR) is 117 cm³/mol. The molecule has 2 aromatic carbocycles. The average molecular weight is 442 g/mol. The van der Waals surface area contributed by atoms with Gasteiger partial charge in [0.15, 0.2) is 0 Å². The van der Waals surface area contributed by atoms with Gasteiger partial charge in [0.05, 0.1) is 11.1 Å². The van der Waals surface area contributed by atoms with Gasteiger partial charge in [-0.1, -0.05) is 41.0 Å². The molecule has 0 aliphatic carbocycles. The second kappa shape index (κ2) is 9.08. The zero-order chi connectivity index (χ0) is 22.0. The lowest BCUT2D eigenvalue weighted by Crippen LogP contribution is -2.14. The summed E-state index contributed by atoms with van der Waals surface area (Å²) in [6.45, 7) is 4.60. The highest BCUT2D eigenvalue weighted by Crippen LogP contribution is 2.32. The van der Waals surface area contributed by atoms with Crippen LogP contribution in [0.4, 0.5) is 0 Å². The number of benzene rings is 2. The topological polar surface area (TPSA) is 97.5 Å². The normalized spacial score (nSPS) is 18.5. The van der Waals surface area contributed by atoms with Crippen molar-refractivity contribution in [2.45, 2.75) is 38.8 Å². The van der Waals surface area contributed by atoms with Gasteiger partial charge in [0.25, 0.3) is 5.89 Å². The Morgan fingerprint density at radius 3 is 2.68 bits per heavy atom. The first-order valence-corrected chi connectivity index (χ1v) is 10.6. The van der Waals surface area contributed by atoms with Crippen molar-refractivity contribution in [2.24, 2.45) is 5.92 Å². The summed E-state index contributed by atoms with van der Waals surface area (Å²) < 4.78 is 11.1. The number of nitrogens with zero attached hydrogens (tertiary/aromatic N) is 2. The third-order valence-electron chi connectivity index (χ3n) is 5.22. The highest BCUT2D eigenvalue weighted by molar-refractivity contribution is 6.32. The van der Waals surface area contributed by atoms with Crippen LogP contribution in [0, 0.1) is 5.92 Å². The highest BCUT2D eigenvalue weighted by Gasteiger charge is 2.27. The molecule has 0 bridgehead atoms. The Morgan fingerprint density at radius 2 is 2.00 bits per heavy atom. The van der Waals surface area contributed by atoms with Gasteiger partial charge in [0, 0.05) is 23.6 Å². The fourth-order valence-corrected chi connectivity index (χ4v) is 4.00. The van der Waals surface area contributed by atoms with Crippen LogP contribution in [0.2, 0.25) is 5.02 Å². The lowest BCUT2D eigenvalue weighted by Gasteiger charge is -2.11. The molecule has 3 aromatic rings. The van der Waals surface area contributed by atoms with Gasteiger partial charge in [-0.25, -0.2) is 0 Å². The van der Waals surface area contributed by atoms with E-state index in [0.29, 0.717) is 22.5 Å². The summed E-state index contributed by atoms with van der Waals surface area (Å²) in [6.07, 6.45) is 1.04. The first kappa shape index (κ1) is 21.3. The molecule has 0 amide bonds. The van der Waals surface area contributed by atoms with Gasteiger partial charge in [-0.15, -0.1) is 0 Å². The second-order valence-corrected chi connectivity index (χ2v) is 8.42. The molecule has 4 rings (SSSR count). The first-order chi connectivity index (χ1) is 14.9. The van der Waals surface area contributed by atoms with Crippen molar-refractivity contribution in [2.75, 3.05) is 6.54 Å². The smallest absolute Gasteiger partial charge is 0.303 e. The van der Waals surface area contributed by atoms with Crippen molar-refractivity contribution in [3.05, 3.63) is 53.1 Å². The van der Waals surface area contributed by atoms with Gasteiger partial charge >= 0.3 is 5.97 Å². The molecule has 2 unspecified atom stereocenters. The summed E-state index contributed by atoms with van der Waals surface area (Å²) >= 11 is 6.31. The van der Waals surface area contributed by atoms with Gasteiger partial charge < -0.3 is 19.7 Å². The molecule has 0 spiro atoms. The number of aliphatic carboxylic acids is 1. The van der Waals surface area contributed by atoms with Gasteiger partial charge in [0.2, 0.25) is 5.82 Å². The summed E-state index contributed by atoms with van der Waals surface area (Å²) in [7, 11) is 0. The van der Waals surface area contributed by atoms with Crippen LogP contribution < -0.4 is 10.1 Å². The van der Waals surface area contributed by atoms with Crippen LogP contribution >= 0.6 is 11.6 Å². The highest BCUT2D eigenvalue weighted by atomic mass is 35.5. The zero-order valence-electron chi connectivity index (χ0n) is 17.3. The molecule has 1 aliphatic heterocycles. The van der Waals surface area contributed by atoms with Crippen LogP contribution in [0.5, 0.6) is 5.75 Å². The van der Waals surface area contributed by atoms with Crippen molar-refractivity contribution >= 4 is 17.6 Å². The third-order valence-corrected chi connectivity index (χ3v) is 5.52. The van der Waals surface area contributed by atoms with E-state index < -0.39 is 5.97 Å². The summed E-state index contributed by atoms with van der Waals surface area (Å²) in [5.74, 6) is 0.890. The van der Waals surface area contributed by atoms with Crippen LogP contribution in [0.15, 0.2) is 47.0 Å². The van der Waals surface area contributed by atoms with Crippen LogP contribution in [-0.2, 0) is 4.79 Å². The van der Waals surface area contributed by atoms with E-state index in [1.165, 1.54) is 0 Å². The van der Waals surface area contributed by atoms with Gasteiger partial charge in [0.1, 0.15) is 5.75 Å². The monoisotopic (exact) mass is 441 g/mol. The molecule has 2 N–H and O–H groups in total. The number of aromatic nitrogens is 2. The minimum absolute atomic E-state index is 0.0313. The van der Waals surface area contributed by atoms with Crippen molar-refractivity contribution < 1.29 is 19.2 Å². The number of carbonyl (C=O) groups is 1. The minimum atomic E-state index is -0.751. The molecule has 0 saturated carbocycles. The Balaban J connectivity index is 1.46. The molecule has 1 aliphatic rings. The minimum Gasteiger partial charge on any atom is -0.489 e. The van der Waals surface area contributed by atoms with E-state index in [9.17, 15) is 4.79 Å². The van der Waals surface area contributed by atoms with Gasteiger partial charge in [-0.3, -0.25) is 4.79 Å². The number of halogens is 1. The van der Waals surface area contributed by atoms with Crippen LogP contribution in [0.3, 0.4) is 0 Å². The summed E-state index contributed by atoms with van der Waals surface area (Å²) in [5, 5.41) is 17.0. The second-order valence-electron chi connectivity index (χ2n) is 8.02. The predicted octanol–water partition coefficient (Wildman–Crippen LogP) is 4.97. The van der Waals surface area contributed by atoms with Crippen molar-refractivity contribution in [3.8, 4) is 28.6 Å². The molecule has 31 heavy (non-hydrogen) atoms. The number of nitrogens with one attached hydrogen (secondary N) is 1. The molecule has 7 nitrogen and oxygen atoms in total. The third kappa shape index (κ3) is 5.06. The van der Waals surface area contributed by atoms with Gasteiger partial charge in [-0.2, -0.15) is 4.98 Å². The molecular weight excluding hydrogens is 418 g/mol. The van der Waals surface area contributed by atoms with Crippen molar-refractivity contribution in [1.29, 1.82) is 0 Å². The van der Waals surface area contributed by atoms with E-state index in [4.69, 9.17) is 26.0 Å². The maximum absolute atomic E-state index is 10.9. The molecule has 1 fully saturated rings. The number of hydrogen-bond donors (Lipinski definition) is 2. The van der Waals surface area contributed by atoms with Crippen molar-refractivity contribution in [1.82, 2.24) is 15.5 Å². The fourth-order valence-electron chi connectivity index (χ4n) is 3.77. The Bertz CT molecular complexity index is 1060. The SMILES string of the molecule is CC(C)Oc1ccc(-c2nc(-c3ccc(C4CC(CC(=O)O)CN4)cc3)no2)cc1Cl. The largest absolute Gasteiger partial charge is 0.489 e. The summed E-state index contributed by atoms with van der Waals surface area (Å²) in [4.78, 5) is 15.4. The molecular formula is C23H24ClN3O4. The van der Waals surface area contributed by atoms with Crippen LogP contribution in [-0.4, -0.2) is 33.9 Å². The van der Waals surface area contributed by atoms with E-state index in [2.05, 4.69) is 15.5 Å². The van der Waals surface area contributed by atoms with E-state index in [0.717, 1.165) is 29.7 Å². The quantitative estimate of drug-likeness (QED) is 0.534. The number of carboxylic acid groups (broad SMARTS) is 1. The number of ether oxygens (including phenoxy) is 1. The summed E-state index contributed by atoms with van der Waals surface area (Å²) in [6, 6.07) is 13.5. The van der Waals surface area contributed by atoms with E-state index in [1.54, 1.807) is 12.1 Å². The molecule has 0 radical (unpaired) electrons. The summed E-state index contributed by atoms with van der Waals surface area (Å²) in [5.41, 5.74) is 2.67. The Kier molecular flexibility index (Phi) is 6.25. The Hall–Kier alpha value is -2.90. The molecule has 1 saturated heterocycles. The number of carboxylic acids is 1. The van der Waals surface area contributed by atoms with Crippen LogP contribution in [0.1, 0.15) is 38.3 Å². The van der Waals surface area contributed by atoms with Gasteiger partial charge in [-0.05, 0) is 56.5 Å². The zero-order valence-corrected chi connectivity index (χ0v) is 18.1. The van der Waals surface area contributed by atoms with Crippen molar-refractivity contribution in [3.63, 3.8) is 0 Å². The standard InChI is InChI=1S/C23H24ClN3O4/c1-13(2)30-20-8-7-17(11-18(20)24)23-26-22(27-31-23)16-5-3-15(4-6-16)19-9-14(12-25-19)10-21(28)29/h3-8,11,13-14,19,25H,9-10,12H2,1-2H3,(H,28,29). The Morgan fingerprint density at radius 1 is 1.26 bits per heavy atom. The van der Waals surface area contributed by atoms with E-state index in [-0.39, 0.29) is 24.5 Å². The molecule has 2 atom stereocenters. The number of rotatable bonds is 7. The lowest BCUT2D eigenvalue weighted by molar-refractivity contribution is -0.137. The molecule has 2 heterocycles. The number of hydrogen-bond acceptors (Lipinski definition) is 6. The van der Waals surface area contributed by atoms with Crippen LogP contribution in [0.25, 0.3) is 22.8 Å². The van der Waals surface area contributed by atoms with E-state index in [1.807, 2.05) is 44.2 Å². The molecule has 8 heteroatoms. The molecule has 1 aromatic heterocycles. The lowest BCUT2D eigenvalue weighted by atomic mass is 9.97. The molecule has 162 valence electrons. The van der Waals surface area contributed by atoms with E-state index >= 15 is 0 Å². The average Bonchev–Trinajstić information content (AvgIpc) is 3.39. The maximum Gasteiger partial charge on any atom is 0.303 e.